The predicted octanol–water partition coefficient (Wildman–Crippen LogP) is 6.04. The van der Waals surface area contributed by atoms with Gasteiger partial charge in [0.05, 0.1) is 11.5 Å². The van der Waals surface area contributed by atoms with Crippen LogP contribution in [0.4, 0.5) is 13.2 Å². The number of imide groups is 1. The molecular weight excluding hydrogens is 571 g/mol. The molecule has 7 nitrogen and oxygen atoms in total. The third-order valence-electron chi connectivity index (χ3n) is 9.60. The number of hydrogen-bond acceptors (Lipinski definition) is 6. The van der Waals surface area contributed by atoms with Gasteiger partial charge in [-0.1, -0.05) is 30.3 Å². The molecule has 1 aliphatic carbocycles. The Labute approximate surface area is 255 Å². The minimum atomic E-state index is -4.75. The molecule has 10 heteroatoms. The molecule has 3 aliphatic rings. The smallest absolute Gasteiger partial charge is 0.406 e. The molecule has 44 heavy (non-hydrogen) atoms. The lowest BCUT2D eigenvalue weighted by atomic mass is 9.74. The molecule has 2 amide bonds. The maximum atomic E-state index is 13.3. The summed E-state index contributed by atoms with van der Waals surface area (Å²) in [6.45, 7) is 2.38. The first-order valence-corrected chi connectivity index (χ1v) is 15.6. The van der Waals surface area contributed by atoms with E-state index in [2.05, 4.69) is 27.1 Å². The lowest BCUT2D eigenvalue weighted by molar-refractivity contribution is -0.274. The number of hydrogen-bond donors (Lipinski definition) is 1. The van der Waals surface area contributed by atoms with Crippen LogP contribution >= 0.6 is 0 Å². The molecule has 0 aromatic heterocycles. The molecule has 0 spiro atoms. The summed E-state index contributed by atoms with van der Waals surface area (Å²) in [5.41, 5.74) is 3.18. The maximum Gasteiger partial charge on any atom is 0.573 e. The zero-order chi connectivity index (χ0) is 31.3. The Morgan fingerprint density at radius 3 is 2.34 bits per heavy atom. The van der Waals surface area contributed by atoms with Crippen molar-refractivity contribution in [1.82, 2.24) is 10.2 Å². The average molecular weight is 610 g/mol. The van der Waals surface area contributed by atoms with Crippen LogP contribution < -0.4 is 10.1 Å². The molecule has 0 bridgehead atoms. The van der Waals surface area contributed by atoms with E-state index in [0.717, 1.165) is 68.4 Å². The van der Waals surface area contributed by atoms with E-state index in [1.165, 1.54) is 17.7 Å². The van der Waals surface area contributed by atoms with Gasteiger partial charge in [0.1, 0.15) is 5.75 Å². The summed E-state index contributed by atoms with van der Waals surface area (Å²) in [5.74, 6) is -0.845. The Kier molecular flexibility index (Phi) is 9.74. The number of ether oxygens (including phenoxy) is 1. The van der Waals surface area contributed by atoms with Gasteiger partial charge in [-0.3, -0.25) is 19.7 Å². The number of ketones is 1. The number of likely N-dealkylation sites (tertiary alicyclic amines) is 1. The number of piperidine rings is 2. The number of nitrogens with zero attached hydrogens (tertiary/aromatic N) is 2. The van der Waals surface area contributed by atoms with Gasteiger partial charge >= 0.3 is 6.36 Å². The van der Waals surface area contributed by atoms with Crippen LogP contribution in [0.1, 0.15) is 84.8 Å². The Balaban J connectivity index is 1.07. The van der Waals surface area contributed by atoms with Crippen LogP contribution in [0.2, 0.25) is 0 Å². The van der Waals surface area contributed by atoms with Crippen LogP contribution in [0.25, 0.3) is 0 Å². The topological polar surface area (TPSA) is 99.5 Å². The number of alkyl halides is 3. The van der Waals surface area contributed by atoms with Crippen LogP contribution in [0, 0.1) is 23.2 Å². The van der Waals surface area contributed by atoms with Crippen molar-refractivity contribution in [3.05, 3.63) is 64.7 Å². The van der Waals surface area contributed by atoms with Gasteiger partial charge in [0.25, 0.3) is 0 Å². The quantitative estimate of drug-likeness (QED) is 0.260. The summed E-state index contributed by atoms with van der Waals surface area (Å²) < 4.78 is 41.5. The second kappa shape index (κ2) is 13.5. The van der Waals surface area contributed by atoms with Gasteiger partial charge in [-0.15, -0.1) is 13.2 Å². The molecule has 0 radical (unpaired) electrons. The number of carbonyl (C=O) groups excluding carboxylic acids is 3. The van der Waals surface area contributed by atoms with Gasteiger partial charge < -0.3 is 9.64 Å². The summed E-state index contributed by atoms with van der Waals surface area (Å²) in [7, 11) is 0. The molecule has 2 atom stereocenters. The first kappa shape index (κ1) is 31.7. The van der Waals surface area contributed by atoms with Gasteiger partial charge in [-0.2, -0.15) is 5.26 Å². The number of rotatable bonds is 10. The third kappa shape index (κ3) is 7.49. The monoisotopic (exact) mass is 609 g/mol. The molecule has 2 saturated heterocycles. The van der Waals surface area contributed by atoms with Crippen molar-refractivity contribution in [3.8, 4) is 11.8 Å². The van der Waals surface area contributed by atoms with Gasteiger partial charge in [-0.05, 0) is 113 Å². The second-order valence-electron chi connectivity index (χ2n) is 12.3. The first-order chi connectivity index (χ1) is 21.1. The zero-order valence-electron chi connectivity index (χ0n) is 24.8. The molecule has 2 unspecified atom stereocenters. The van der Waals surface area contributed by atoms with Crippen LogP contribution in [0.5, 0.6) is 5.75 Å². The highest BCUT2D eigenvalue weighted by atomic mass is 19.4. The Bertz CT molecular complexity index is 1410. The summed E-state index contributed by atoms with van der Waals surface area (Å²) >= 11 is 0. The molecule has 2 aromatic carbocycles. The van der Waals surface area contributed by atoms with E-state index in [-0.39, 0.29) is 35.2 Å². The molecule has 2 fully saturated rings. The zero-order valence-corrected chi connectivity index (χ0v) is 24.8. The first-order valence-electron chi connectivity index (χ1n) is 15.6. The number of nitrogens with one attached hydrogen (secondary N) is 1. The molecule has 2 aliphatic heterocycles. The number of fused-ring (bicyclic) bond motifs is 1. The van der Waals surface area contributed by atoms with E-state index in [1.807, 2.05) is 12.1 Å². The normalized spacial score (nSPS) is 22.2. The van der Waals surface area contributed by atoms with E-state index >= 15 is 0 Å². The largest absolute Gasteiger partial charge is 0.573 e. The highest BCUT2D eigenvalue weighted by Crippen LogP contribution is 2.37. The fourth-order valence-corrected chi connectivity index (χ4v) is 7.01. The number of halogens is 3. The number of amides is 2. The third-order valence-corrected chi connectivity index (χ3v) is 9.60. The minimum absolute atomic E-state index is 0.0889. The van der Waals surface area contributed by atoms with E-state index in [9.17, 15) is 32.8 Å². The molecular formula is C34H38F3N3O4. The van der Waals surface area contributed by atoms with E-state index in [0.29, 0.717) is 38.5 Å². The van der Waals surface area contributed by atoms with Crippen molar-refractivity contribution in [1.29, 1.82) is 5.26 Å². The van der Waals surface area contributed by atoms with Crippen LogP contribution in [0.3, 0.4) is 0 Å². The van der Waals surface area contributed by atoms with Crippen molar-refractivity contribution in [3.63, 3.8) is 0 Å². The fourth-order valence-electron chi connectivity index (χ4n) is 7.01. The van der Waals surface area contributed by atoms with Crippen molar-refractivity contribution >= 4 is 17.6 Å². The maximum absolute atomic E-state index is 13.3. The van der Waals surface area contributed by atoms with Gasteiger partial charge in [0.2, 0.25) is 11.8 Å². The number of nitriles is 1. The van der Waals surface area contributed by atoms with Crippen molar-refractivity contribution in [2.75, 3.05) is 19.6 Å². The van der Waals surface area contributed by atoms with E-state index in [4.69, 9.17) is 0 Å². The summed E-state index contributed by atoms with van der Waals surface area (Å²) in [6.07, 6.45) is 3.16. The Hall–Kier alpha value is -3.71. The van der Waals surface area contributed by atoms with E-state index < -0.39 is 11.8 Å². The van der Waals surface area contributed by atoms with Crippen molar-refractivity contribution in [2.24, 2.45) is 11.8 Å². The molecule has 234 valence electrons. The molecule has 2 heterocycles. The van der Waals surface area contributed by atoms with Gasteiger partial charge in [-0.25, -0.2) is 0 Å². The van der Waals surface area contributed by atoms with Crippen LogP contribution in [-0.4, -0.2) is 48.5 Å². The highest BCUT2D eigenvalue weighted by molar-refractivity contribution is 6.01. The lowest BCUT2D eigenvalue weighted by Gasteiger charge is -2.37. The predicted molar refractivity (Wildman–Crippen MR) is 157 cm³/mol. The lowest BCUT2D eigenvalue weighted by Crippen LogP contribution is -2.42. The van der Waals surface area contributed by atoms with Crippen LogP contribution in [-0.2, 0) is 27.8 Å². The number of benzene rings is 2. The van der Waals surface area contributed by atoms with Gasteiger partial charge in [0.15, 0.2) is 5.78 Å². The summed E-state index contributed by atoms with van der Waals surface area (Å²) in [5, 5.41) is 12.4. The molecule has 0 saturated carbocycles. The standard InChI is InChI=1S/C34H38F3N3O4/c35-34(36,37)44-27-13-11-26(12-14-27)33(22-38)17-20-40(21-18-33)19-2-1-4-23-5-3-6-29-28(23)15-9-24(31(29)42)7-8-25-10-16-30(41)39-32(25)43/h3,5-6,11-14,24-25H,1-2,4,7-10,15-21H2,(H,39,41,43). The minimum Gasteiger partial charge on any atom is -0.406 e. The number of Topliss-reactive ketones (excluding diaryl/α,β-unsaturated/α-hetero) is 1. The molecule has 2 aromatic rings. The number of unbranched alkanes of at least 4 members (excludes halogenated alkanes) is 1. The molecule has 5 rings (SSSR count). The van der Waals surface area contributed by atoms with Crippen molar-refractivity contribution in [2.45, 2.75) is 82.4 Å². The SMILES string of the molecule is N#CC1(c2ccc(OC(F)(F)F)cc2)CCN(CCCCc2cccc3c2CCC(CCC2CCC(=O)NC2=O)C3=O)CC1. The van der Waals surface area contributed by atoms with Gasteiger partial charge in [0, 0.05) is 23.8 Å². The fraction of sp³-hybridized carbons (Fsp3) is 0.529. The van der Waals surface area contributed by atoms with Crippen LogP contribution in [0.15, 0.2) is 42.5 Å². The average Bonchev–Trinajstić information content (AvgIpc) is 3.00. The summed E-state index contributed by atoms with van der Waals surface area (Å²) in [6, 6.07) is 14.1. The Morgan fingerprint density at radius 1 is 0.955 bits per heavy atom. The molecule has 1 N–H and O–H groups in total. The number of aryl methyl sites for hydroxylation is 1. The second-order valence-corrected chi connectivity index (χ2v) is 12.3. The Morgan fingerprint density at radius 2 is 1.66 bits per heavy atom. The highest BCUT2D eigenvalue weighted by Gasteiger charge is 2.37. The number of carbonyl (C=O) groups is 3. The summed E-state index contributed by atoms with van der Waals surface area (Å²) in [4.78, 5) is 39.2. The van der Waals surface area contributed by atoms with Crippen molar-refractivity contribution < 1.29 is 32.3 Å². The van der Waals surface area contributed by atoms with E-state index in [1.54, 1.807) is 12.1 Å².